The molecule has 1 aliphatic rings. The molecule has 17 heavy (non-hydrogen) atoms. The largest absolute Gasteiger partial charge is 0.352 e. The van der Waals surface area contributed by atoms with Crippen LogP contribution in [0.1, 0.15) is 36.8 Å². The van der Waals surface area contributed by atoms with E-state index >= 15 is 0 Å². The fourth-order valence-corrected chi connectivity index (χ4v) is 2.43. The van der Waals surface area contributed by atoms with Gasteiger partial charge in [-0.3, -0.25) is 4.79 Å². The van der Waals surface area contributed by atoms with E-state index < -0.39 is 0 Å². The van der Waals surface area contributed by atoms with Crippen LogP contribution < -0.4 is 11.1 Å². The van der Waals surface area contributed by atoms with Gasteiger partial charge in [0.2, 0.25) is 5.91 Å². The van der Waals surface area contributed by atoms with Gasteiger partial charge in [-0.2, -0.15) is 0 Å². The number of hydrogen-bond donors (Lipinski definition) is 2. The minimum Gasteiger partial charge on any atom is -0.352 e. The highest BCUT2D eigenvalue weighted by Crippen LogP contribution is 2.31. The molecule has 0 aliphatic heterocycles. The number of carbonyl (C=O) groups excluding carboxylic acids is 1. The molecular weight excluding hydrogens is 212 g/mol. The van der Waals surface area contributed by atoms with E-state index in [9.17, 15) is 4.79 Å². The minimum absolute atomic E-state index is 0.00829. The van der Waals surface area contributed by atoms with Gasteiger partial charge in [-0.15, -0.1) is 0 Å². The van der Waals surface area contributed by atoms with E-state index in [0.717, 1.165) is 19.3 Å². The first-order valence-corrected chi connectivity index (χ1v) is 6.30. The first kappa shape index (κ1) is 12.1. The summed E-state index contributed by atoms with van der Waals surface area (Å²) < 4.78 is 0. The molecule has 1 aromatic rings. The third-order valence-corrected chi connectivity index (χ3v) is 3.43. The van der Waals surface area contributed by atoms with Gasteiger partial charge >= 0.3 is 0 Å². The highest BCUT2D eigenvalue weighted by molar-refractivity contribution is 5.84. The molecule has 3 N–H and O–H groups in total. The molecule has 0 fully saturated rings. The maximum Gasteiger partial charge on any atom is 0.227 e. The molecular formula is C14H20N2O. The Hall–Kier alpha value is -1.35. The molecule has 1 aromatic carbocycles. The first-order chi connectivity index (χ1) is 8.22. The van der Waals surface area contributed by atoms with Crippen LogP contribution in [-0.4, -0.2) is 18.5 Å². The van der Waals surface area contributed by atoms with E-state index in [0.29, 0.717) is 6.54 Å². The number of aryl methyl sites for hydroxylation is 1. The van der Waals surface area contributed by atoms with Gasteiger partial charge in [0.05, 0.1) is 5.92 Å². The van der Waals surface area contributed by atoms with E-state index in [1.807, 2.05) is 19.1 Å². The highest BCUT2D eigenvalue weighted by atomic mass is 16.1. The van der Waals surface area contributed by atoms with Gasteiger partial charge in [-0.05, 0) is 37.3 Å². The molecule has 0 saturated carbocycles. The maximum atomic E-state index is 12.2. The normalized spacial score (nSPS) is 20.5. The van der Waals surface area contributed by atoms with Gasteiger partial charge in [-0.1, -0.05) is 24.3 Å². The van der Waals surface area contributed by atoms with Gasteiger partial charge in [0.25, 0.3) is 0 Å². The van der Waals surface area contributed by atoms with Crippen molar-refractivity contribution in [3.63, 3.8) is 0 Å². The number of nitrogens with one attached hydrogen (secondary N) is 1. The standard InChI is InChI=1S/C14H20N2O/c1-10(9-15)16-14(17)13-8-4-6-11-5-2-3-7-12(11)13/h2-3,5,7,10,13H,4,6,8-9,15H2,1H3,(H,16,17)/t10-,13?/m1/s1. The molecule has 2 atom stereocenters. The molecule has 92 valence electrons. The maximum absolute atomic E-state index is 12.2. The number of benzene rings is 1. The average molecular weight is 232 g/mol. The van der Waals surface area contributed by atoms with Crippen molar-refractivity contribution < 1.29 is 4.79 Å². The Kier molecular flexibility index (Phi) is 3.79. The number of hydrogen-bond acceptors (Lipinski definition) is 2. The molecule has 0 bridgehead atoms. The highest BCUT2D eigenvalue weighted by Gasteiger charge is 2.26. The van der Waals surface area contributed by atoms with Crippen LogP contribution in [0.2, 0.25) is 0 Å². The van der Waals surface area contributed by atoms with Gasteiger partial charge in [0.1, 0.15) is 0 Å². The zero-order valence-corrected chi connectivity index (χ0v) is 10.3. The van der Waals surface area contributed by atoms with Crippen molar-refractivity contribution in [3.05, 3.63) is 35.4 Å². The summed E-state index contributed by atoms with van der Waals surface area (Å²) in [6.45, 7) is 2.42. The lowest BCUT2D eigenvalue weighted by atomic mass is 9.82. The van der Waals surface area contributed by atoms with E-state index in [1.54, 1.807) is 0 Å². The van der Waals surface area contributed by atoms with Crippen molar-refractivity contribution in [2.45, 2.75) is 38.1 Å². The zero-order valence-electron chi connectivity index (χ0n) is 10.3. The third kappa shape index (κ3) is 2.67. The summed E-state index contributed by atoms with van der Waals surface area (Å²) in [5.74, 6) is 0.129. The van der Waals surface area contributed by atoms with Gasteiger partial charge in [0, 0.05) is 12.6 Å². The summed E-state index contributed by atoms with van der Waals surface area (Å²) in [6, 6.07) is 8.31. The number of carbonyl (C=O) groups is 1. The summed E-state index contributed by atoms with van der Waals surface area (Å²) >= 11 is 0. The number of rotatable bonds is 3. The molecule has 3 heteroatoms. The molecule has 3 nitrogen and oxygen atoms in total. The number of fused-ring (bicyclic) bond motifs is 1. The Morgan fingerprint density at radius 2 is 2.29 bits per heavy atom. The molecule has 1 unspecified atom stereocenters. The van der Waals surface area contributed by atoms with Crippen LogP contribution in [0, 0.1) is 0 Å². The van der Waals surface area contributed by atoms with E-state index in [1.165, 1.54) is 11.1 Å². The van der Waals surface area contributed by atoms with Crippen LogP contribution in [0.5, 0.6) is 0 Å². The Morgan fingerprint density at radius 3 is 3.06 bits per heavy atom. The quantitative estimate of drug-likeness (QED) is 0.831. The lowest BCUT2D eigenvalue weighted by molar-refractivity contribution is -0.123. The van der Waals surface area contributed by atoms with Gasteiger partial charge in [-0.25, -0.2) is 0 Å². The molecule has 0 radical (unpaired) electrons. The topological polar surface area (TPSA) is 55.1 Å². The minimum atomic E-state index is 0.00829. The SMILES string of the molecule is C[C@H](CN)NC(=O)C1CCCc2ccccc21. The molecule has 1 aliphatic carbocycles. The summed E-state index contributed by atoms with van der Waals surface area (Å²) in [5, 5.41) is 2.98. The second kappa shape index (κ2) is 5.32. The Bertz CT molecular complexity index is 403. The summed E-state index contributed by atoms with van der Waals surface area (Å²) in [7, 11) is 0. The Labute approximate surface area is 102 Å². The second-order valence-electron chi connectivity index (χ2n) is 4.79. The third-order valence-electron chi connectivity index (χ3n) is 3.43. The fourth-order valence-electron chi connectivity index (χ4n) is 2.43. The van der Waals surface area contributed by atoms with Crippen LogP contribution in [0.3, 0.4) is 0 Å². The lowest BCUT2D eigenvalue weighted by Crippen LogP contribution is -2.41. The lowest BCUT2D eigenvalue weighted by Gasteiger charge is -2.25. The molecule has 2 rings (SSSR count). The van der Waals surface area contributed by atoms with Crippen molar-refractivity contribution in [1.82, 2.24) is 5.32 Å². The molecule has 0 heterocycles. The smallest absolute Gasteiger partial charge is 0.227 e. The van der Waals surface area contributed by atoms with E-state index in [4.69, 9.17) is 5.73 Å². The van der Waals surface area contributed by atoms with Crippen LogP contribution in [0.25, 0.3) is 0 Å². The average Bonchev–Trinajstić information content (AvgIpc) is 2.37. The van der Waals surface area contributed by atoms with Crippen molar-refractivity contribution in [2.24, 2.45) is 5.73 Å². The zero-order chi connectivity index (χ0) is 12.3. The van der Waals surface area contributed by atoms with Gasteiger partial charge < -0.3 is 11.1 Å². The van der Waals surface area contributed by atoms with Gasteiger partial charge in [0.15, 0.2) is 0 Å². The monoisotopic (exact) mass is 232 g/mol. The number of nitrogens with two attached hydrogens (primary N) is 1. The predicted octanol–water partition coefficient (Wildman–Crippen LogP) is 1.57. The number of amides is 1. The van der Waals surface area contributed by atoms with Crippen LogP contribution in [0.4, 0.5) is 0 Å². The van der Waals surface area contributed by atoms with Crippen LogP contribution in [0.15, 0.2) is 24.3 Å². The van der Waals surface area contributed by atoms with Crippen molar-refractivity contribution in [3.8, 4) is 0 Å². The molecule has 0 saturated heterocycles. The van der Waals surface area contributed by atoms with E-state index in [2.05, 4.69) is 17.4 Å². The predicted molar refractivity (Wildman–Crippen MR) is 68.8 cm³/mol. The summed E-state index contributed by atoms with van der Waals surface area (Å²) in [5.41, 5.74) is 8.04. The molecule has 0 aromatic heterocycles. The Balaban J connectivity index is 2.15. The van der Waals surface area contributed by atoms with Crippen molar-refractivity contribution >= 4 is 5.91 Å². The Morgan fingerprint density at radius 1 is 1.53 bits per heavy atom. The second-order valence-corrected chi connectivity index (χ2v) is 4.79. The van der Waals surface area contributed by atoms with Crippen LogP contribution >= 0.6 is 0 Å². The summed E-state index contributed by atoms with van der Waals surface area (Å²) in [6.07, 6.45) is 3.12. The van der Waals surface area contributed by atoms with Crippen molar-refractivity contribution in [1.29, 1.82) is 0 Å². The van der Waals surface area contributed by atoms with Crippen LogP contribution in [-0.2, 0) is 11.2 Å². The molecule has 0 spiro atoms. The van der Waals surface area contributed by atoms with E-state index in [-0.39, 0.29) is 17.9 Å². The summed E-state index contributed by atoms with van der Waals surface area (Å²) in [4.78, 5) is 12.2. The first-order valence-electron chi connectivity index (χ1n) is 6.30. The molecule has 1 amide bonds. The van der Waals surface area contributed by atoms with Crippen molar-refractivity contribution in [2.75, 3.05) is 6.54 Å². The fraction of sp³-hybridized carbons (Fsp3) is 0.500.